The molecule has 0 unspecified atom stereocenters. The summed E-state index contributed by atoms with van der Waals surface area (Å²) in [4.78, 5) is 21.5. The van der Waals surface area contributed by atoms with Crippen LogP contribution in [-0.2, 0) is 13.5 Å². The first-order chi connectivity index (χ1) is 13.9. The molecule has 5 rings (SSSR count). The average molecular weight is 456 g/mol. The largest absolute Gasteiger partial charge is 0.383 e. The Morgan fingerprint density at radius 3 is 2.93 bits per heavy atom. The second-order valence-corrected chi connectivity index (χ2v) is 7.63. The van der Waals surface area contributed by atoms with Crippen LogP contribution in [0, 0.1) is 5.82 Å². The van der Waals surface area contributed by atoms with Gasteiger partial charge in [-0.1, -0.05) is 0 Å². The van der Waals surface area contributed by atoms with Crippen molar-refractivity contribution in [1.29, 1.82) is 0 Å². The third kappa shape index (κ3) is 2.79. The second-order valence-electron chi connectivity index (χ2n) is 6.82. The van der Waals surface area contributed by atoms with E-state index < -0.39 is 11.7 Å². The Kier molecular flexibility index (Phi) is 3.91. The molecular weight excluding hydrogens is 441 g/mol. The number of nitrogens with zero attached hydrogens (tertiary/aromatic N) is 5. The maximum absolute atomic E-state index is 14.7. The zero-order chi connectivity index (χ0) is 20.3. The lowest BCUT2D eigenvalue weighted by Gasteiger charge is -2.20. The molecule has 3 aromatic heterocycles. The molecule has 1 amide bonds. The van der Waals surface area contributed by atoms with Crippen molar-refractivity contribution in [2.75, 3.05) is 17.3 Å². The van der Waals surface area contributed by atoms with Crippen LogP contribution >= 0.6 is 15.9 Å². The summed E-state index contributed by atoms with van der Waals surface area (Å²) in [5.74, 6) is -0.950. The molecular formula is C19H15BrFN7O. The first kappa shape index (κ1) is 17.8. The van der Waals surface area contributed by atoms with Crippen molar-refractivity contribution in [2.24, 2.45) is 7.05 Å². The van der Waals surface area contributed by atoms with Crippen LogP contribution in [0.15, 0.2) is 35.1 Å². The molecule has 1 aliphatic rings. The van der Waals surface area contributed by atoms with Gasteiger partial charge in [0.15, 0.2) is 0 Å². The highest BCUT2D eigenvalue weighted by atomic mass is 79.9. The molecule has 0 fully saturated rings. The number of carbonyl (C=O) groups is 1. The Balaban J connectivity index is 1.56. The van der Waals surface area contributed by atoms with Crippen LogP contribution in [0.2, 0.25) is 0 Å². The van der Waals surface area contributed by atoms with E-state index in [-0.39, 0.29) is 11.4 Å². The number of nitrogens with two attached hydrogens (primary N) is 1. The number of hydrazine groups is 1. The molecule has 0 radical (unpaired) electrons. The molecule has 10 heteroatoms. The van der Waals surface area contributed by atoms with Crippen LogP contribution in [0.1, 0.15) is 16.1 Å². The number of carbonyl (C=O) groups excluding carboxylic acids is 1. The molecule has 146 valence electrons. The number of amides is 1. The number of hydrogen-bond donors (Lipinski definition) is 2. The summed E-state index contributed by atoms with van der Waals surface area (Å²) in [6.45, 7) is 0.559. The number of halogens is 2. The van der Waals surface area contributed by atoms with Crippen LogP contribution in [0.4, 0.5) is 15.9 Å². The maximum Gasteiger partial charge on any atom is 0.272 e. The Labute approximate surface area is 172 Å². The second kappa shape index (κ2) is 6.38. The van der Waals surface area contributed by atoms with E-state index in [9.17, 15) is 9.18 Å². The minimum Gasteiger partial charge on any atom is -0.383 e. The van der Waals surface area contributed by atoms with Gasteiger partial charge in [-0.2, -0.15) is 5.10 Å². The number of benzene rings is 1. The standard InChI is InChI=1S/C19H15BrFN7O/c1-27-17-10-6-9(12(21)7-14(10)25-18(22)11(17)8-23-27)19(29)26-28-5-4-13-15(28)2-3-16(20)24-13/h2-3,6-8H,4-5H2,1H3,(H2,22,25)(H,26,29). The average Bonchev–Trinajstić information content (AvgIpc) is 3.25. The fourth-order valence-corrected chi connectivity index (χ4v) is 4.03. The minimum absolute atomic E-state index is 0.0786. The van der Waals surface area contributed by atoms with Gasteiger partial charge >= 0.3 is 0 Å². The molecule has 0 bridgehead atoms. The summed E-state index contributed by atoms with van der Waals surface area (Å²) in [5, 5.41) is 7.14. The predicted octanol–water partition coefficient (Wildman–Crippen LogP) is 2.71. The smallest absolute Gasteiger partial charge is 0.272 e. The van der Waals surface area contributed by atoms with Crippen LogP contribution in [0.3, 0.4) is 0 Å². The summed E-state index contributed by atoms with van der Waals surface area (Å²) in [7, 11) is 1.76. The monoisotopic (exact) mass is 455 g/mol. The number of nitrogens with one attached hydrogen (secondary N) is 1. The highest BCUT2D eigenvalue weighted by molar-refractivity contribution is 9.10. The molecule has 0 saturated carbocycles. The van der Waals surface area contributed by atoms with E-state index in [1.807, 2.05) is 6.07 Å². The first-order valence-corrected chi connectivity index (χ1v) is 9.66. The van der Waals surface area contributed by atoms with Gasteiger partial charge in [0.1, 0.15) is 16.2 Å². The quantitative estimate of drug-likeness (QED) is 0.450. The minimum atomic E-state index is -0.670. The third-order valence-electron chi connectivity index (χ3n) is 5.06. The van der Waals surface area contributed by atoms with Gasteiger partial charge in [0, 0.05) is 31.5 Å². The lowest BCUT2D eigenvalue weighted by molar-refractivity contribution is 0.0946. The molecule has 0 spiro atoms. The van der Waals surface area contributed by atoms with Crippen molar-refractivity contribution in [3.05, 3.63) is 52.1 Å². The molecule has 3 N–H and O–H groups in total. The SMILES string of the molecule is Cn1ncc2c(N)nc3cc(F)c(C(=O)NN4CCc5nc(Br)ccc54)cc3c21. The summed E-state index contributed by atoms with van der Waals surface area (Å²) >= 11 is 3.34. The van der Waals surface area contributed by atoms with Gasteiger partial charge in [-0.25, -0.2) is 14.4 Å². The number of aryl methyl sites for hydroxylation is 1. The lowest BCUT2D eigenvalue weighted by atomic mass is 10.1. The summed E-state index contributed by atoms with van der Waals surface area (Å²) in [5.41, 5.74) is 11.4. The first-order valence-electron chi connectivity index (χ1n) is 8.87. The molecule has 29 heavy (non-hydrogen) atoms. The van der Waals surface area contributed by atoms with Gasteiger partial charge in [-0.3, -0.25) is 19.9 Å². The van der Waals surface area contributed by atoms with Gasteiger partial charge in [0.2, 0.25) is 0 Å². The highest BCUT2D eigenvalue weighted by Gasteiger charge is 2.24. The summed E-state index contributed by atoms with van der Waals surface area (Å²) < 4.78 is 17.1. The maximum atomic E-state index is 14.7. The van der Waals surface area contributed by atoms with Crippen molar-refractivity contribution < 1.29 is 9.18 Å². The zero-order valence-corrected chi connectivity index (χ0v) is 16.9. The number of fused-ring (bicyclic) bond motifs is 4. The number of pyridine rings is 2. The van der Waals surface area contributed by atoms with E-state index >= 15 is 0 Å². The van der Waals surface area contributed by atoms with Crippen LogP contribution < -0.4 is 16.2 Å². The Morgan fingerprint density at radius 1 is 1.28 bits per heavy atom. The number of aromatic nitrogens is 4. The van der Waals surface area contributed by atoms with E-state index in [0.717, 1.165) is 16.0 Å². The van der Waals surface area contributed by atoms with Gasteiger partial charge in [-0.05, 0) is 34.1 Å². The van der Waals surface area contributed by atoms with E-state index in [2.05, 4.69) is 36.4 Å². The van der Waals surface area contributed by atoms with Crippen molar-refractivity contribution in [3.8, 4) is 0 Å². The Bertz CT molecular complexity index is 1320. The summed E-state index contributed by atoms with van der Waals surface area (Å²) in [6.07, 6.45) is 2.29. The van der Waals surface area contributed by atoms with E-state index in [0.29, 0.717) is 34.8 Å². The van der Waals surface area contributed by atoms with Gasteiger partial charge in [0.05, 0.1) is 39.6 Å². The molecule has 1 aromatic carbocycles. The molecule has 8 nitrogen and oxygen atoms in total. The number of anilines is 2. The molecule has 0 saturated heterocycles. The normalized spacial score (nSPS) is 13.3. The molecule has 0 atom stereocenters. The fraction of sp³-hybridized carbons (Fsp3) is 0.158. The topological polar surface area (TPSA) is 102 Å². The van der Waals surface area contributed by atoms with Crippen molar-refractivity contribution in [1.82, 2.24) is 25.2 Å². The van der Waals surface area contributed by atoms with E-state index in [4.69, 9.17) is 5.73 Å². The van der Waals surface area contributed by atoms with Gasteiger partial charge in [0.25, 0.3) is 5.91 Å². The van der Waals surface area contributed by atoms with Gasteiger partial charge < -0.3 is 5.73 Å². The summed E-state index contributed by atoms with van der Waals surface area (Å²) in [6, 6.07) is 6.38. The fourth-order valence-electron chi connectivity index (χ4n) is 3.69. The van der Waals surface area contributed by atoms with Crippen molar-refractivity contribution in [3.63, 3.8) is 0 Å². The number of hydrogen-bond acceptors (Lipinski definition) is 6. The van der Waals surface area contributed by atoms with E-state index in [1.54, 1.807) is 29.0 Å². The molecule has 4 heterocycles. The van der Waals surface area contributed by atoms with Crippen molar-refractivity contribution in [2.45, 2.75) is 6.42 Å². The van der Waals surface area contributed by atoms with Crippen LogP contribution in [-0.4, -0.2) is 32.2 Å². The zero-order valence-electron chi connectivity index (χ0n) is 15.3. The van der Waals surface area contributed by atoms with E-state index in [1.165, 1.54) is 12.1 Å². The Morgan fingerprint density at radius 2 is 2.10 bits per heavy atom. The van der Waals surface area contributed by atoms with Crippen LogP contribution in [0.5, 0.6) is 0 Å². The van der Waals surface area contributed by atoms with Crippen LogP contribution in [0.25, 0.3) is 21.8 Å². The number of rotatable bonds is 2. The van der Waals surface area contributed by atoms with Crippen molar-refractivity contribution >= 4 is 55.1 Å². The lowest BCUT2D eigenvalue weighted by Crippen LogP contribution is -2.41. The molecule has 4 aromatic rings. The third-order valence-corrected chi connectivity index (χ3v) is 5.50. The highest BCUT2D eigenvalue weighted by Crippen LogP contribution is 2.30. The number of nitrogen functional groups attached to an aromatic ring is 1. The predicted molar refractivity (Wildman–Crippen MR) is 111 cm³/mol. The molecule has 0 aliphatic carbocycles. The Hall–Kier alpha value is -3.27. The van der Waals surface area contributed by atoms with Gasteiger partial charge in [-0.15, -0.1) is 0 Å². The molecule has 1 aliphatic heterocycles.